The Kier molecular flexibility index (Phi) is 4.86. The van der Waals surface area contributed by atoms with E-state index in [-0.39, 0.29) is 30.1 Å². The van der Waals surface area contributed by atoms with Gasteiger partial charge in [0, 0.05) is 11.1 Å². The largest absolute Gasteiger partial charge is 0.504 e. The van der Waals surface area contributed by atoms with Gasteiger partial charge < -0.3 is 33.9 Å². The van der Waals surface area contributed by atoms with Crippen molar-refractivity contribution in [2.45, 2.75) is 26.4 Å². The van der Waals surface area contributed by atoms with Crippen LogP contribution < -0.4 is 23.7 Å². The highest BCUT2D eigenvalue weighted by Crippen LogP contribution is 2.57. The van der Waals surface area contributed by atoms with E-state index in [0.29, 0.717) is 46.1 Å². The van der Waals surface area contributed by atoms with Crippen LogP contribution in [-0.4, -0.2) is 38.3 Å². The van der Waals surface area contributed by atoms with Gasteiger partial charge in [0.1, 0.15) is 0 Å². The summed E-state index contributed by atoms with van der Waals surface area (Å²) >= 11 is 0. The molecule has 4 rings (SSSR count). The Balaban J connectivity index is 2.14. The molecule has 0 unspecified atom stereocenters. The molecule has 2 aromatic carbocycles. The summed E-state index contributed by atoms with van der Waals surface area (Å²) in [6.07, 6.45) is -0.137. The topological polar surface area (TPSA) is 86.6 Å². The molecule has 3 atom stereocenters. The van der Waals surface area contributed by atoms with Crippen LogP contribution in [-0.2, 0) is 6.42 Å². The van der Waals surface area contributed by atoms with E-state index >= 15 is 0 Å². The average molecular weight is 402 g/mol. The molecule has 0 saturated carbocycles. The fourth-order valence-corrected chi connectivity index (χ4v) is 4.31. The van der Waals surface area contributed by atoms with E-state index in [0.717, 1.165) is 5.56 Å². The number of ether oxygens (including phenoxy) is 5. The minimum absolute atomic E-state index is 0.0396. The Bertz CT molecular complexity index is 953. The maximum atomic E-state index is 11.2. The van der Waals surface area contributed by atoms with Gasteiger partial charge in [0.2, 0.25) is 18.3 Å². The molecule has 1 heterocycles. The van der Waals surface area contributed by atoms with E-state index in [4.69, 9.17) is 23.7 Å². The second-order valence-electron chi connectivity index (χ2n) is 7.59. The van der Waals surface area contributed by atoms with Crippen molar-refractivity contribution in [3.05, 3.63) is 23.3 Å². The van der Waals surface area contributed by atoms with Crippen LogP contribution in [0.4, 0.5) is 0 Å². The van der Waals surface area contributed by atoms with Gasteiger partial charge in [-0.05, 0) is 41.5 Å². The number of aromatic hydroxyl groups is 1. The lowest BCUT2D eigenvalue weighted by Gasteiger charge is -2.32. The minimum atomic E-state index is -0.774. The number of hydrogen-bond acceptors (Lipinski definition) is 7. The van der Waals surface area contributed by atoms with Gasteiger partial charge in [0.25, 0.3) is 0 Å². The molecule has 2 N–H and O–H groups in total. The number of hydrogen-bond donors (Lipinski definition) is 2. The highest BCUT2D eigenvalue weighted by atomic mass is 16.7. The van der Waals surface area contributed by atoms with E-state index in [2.05, 4.69) is 6.92 Å². The first-order valence-electron chi connectivity index (χ1n) is 9.58. The Morgan fingerprint density at radius 3 is 2.34 bits per heavy atom. The average Bonchev–Trinajstić information content (AvgIpc) is 3.19. The maximum Gasteiger partial charge on any atom is 0.231 e. The van der Waals surface area contributed by atoms with Crippen molar-refractivity contribution in [1.29, 1.82) is 0 Å². The van der Waals surface area contributed by atoms with Crippen LogP contribution in [0.15, 0.2) is 12.1 Å². The van der Waals surface area contributed by atoms with E-state index in [9.17, 15) is 10.2 Å². The zero-order valence-electron chi connectivity index (χ0n) is 17.2. The lowest BCUT2D eigenvalue weighted by molar-refractivity contribution is 0.0864. The van der Waals surface area contributed by atoms with Gasteiger partial charge in [-0.2, -0.15) is 0 Å². The SMILES string of the molecule is COc1cc2c(c(O)c1OC)-c1c(cc3c(c1OC)OCO3)[C@@H](O)[C@H](C)[C@@H](C)C2. The first-order chi connectivity index (χ1) is 13.9. The fourth-order valence-electron chi connectivity index (χ4n) is 4.31. The van der Waals surface area contributed by atoms with Crippen LogP contribution in [0.3, 0.4) is 0 Å². The number of aliphatic hydroxyl groups is 1. The summed E-state index contributed by atoms with van der Waals surface area (Å²) < 4.78 is 27.8. The van der Waals surface area contributed by atoms with Crippen molar-refractivity contribution >= 4 is 0 Å². The molecule has 0 saturated heterocycles. The van der Waals surface area contributed by atoms with Crippen molar-refractivity contribution in [3.63, 3.8) is 0 Å². The molecule has 29 heavy (non-hydrogen) atoms. The summed E-state index contributed by atoms with van der Waals surface area (Å²) in [6.45, 7) is 4.17. The maximum absolute atomic E-state index is 11.2. The van der Waals surface area contributed by atoms with Crippen LogP contribution in [0.1, 0.15) is 31.1 Å². The molecule has 2 aliphatic rings. The number of rotatable bonds is 3. The van der Waals surface area contributed by atoms with Gasteiger partial charge in [0.05, 0.1) is 27.4 Å². The monoisotopic (exact) mass is 402 g/mol. The summed E-state index contributed by atoms with van der Waals surface area (Å²) in [7, 11) is 4.55. The van der Waals surface area contributed by atoms with E-state index in [1.165, 1.54) is 21.3 Å². The summed E-state index contributed by atoms with van der Waals surface area (Å²) in [5.74, 6) is 2.11. The predicted molar refractivity (Wildman–Crippen MR) is 106 cm³/mol. The number of phenols is 1. The molecule has 1 aliphatic heterocycles. The molecule has 0 radical (unpaired) electrons. The molecule has 7 heteroatoms. The van der Waals surface area contributed by atoms with Gasteiger partial charge in [-0.15, -0.1) is 0 Å². The lowest BCUT2D eigenvalue weighted by atomic mass is 9.76. The summed E-state index contributed by atoms with van der Waals surface area (Å²) in [6, 6.07) is 3.65. The minimum Gasteiger partial charge on any atom is -0.504 e. The lowest BCUT2D eigenvalue weighted by Crippen LogP contribution is -2.22. The second-order valence-corrected chi connectivity index (χ2v) is 7.59. The van der Waals surface area contributed by atoms with Gasteiger partial charge in [-0.1, -0.05) is 13.8 Å². The third-order valence-corrected chi connectivity index (χ3v) is 6.09. The number of phenolic OH excluding ortho intramolecular Hbond substituents is 1. The van der Waals surface area contributed by atoms with Crippen molar-refractivity contribution in [1.82, 2.24) is 0 Å². The molecule has 0 bridgehead atoms. The molecule has 2 aromatic rings. The normalized spacial score (nSPS) is 22.2. The number of benzene rings is 2. The second kappa shape index (κ2) is 7.22. The van der Waals surface area contributed by atoms with Gasteiger partial charge >= 0.3 is 0 Å². The molecule has 0 amide bonds. The first kappa shape index (κ1) is 19.5. The highest BCUT2D eigenvalue weighted by Gasteiger charge is 2.37. The molecular weight excluding hydrogens is 376 g/mol. The standard InChI is InChI=1S/C22H26O7/c1-10-6-12-7-14(25-3)20(26-4)19(24)16(12)17-13(18(23)11(10)2)8-15-21(22(17)27-5)29-9-28-15/h7-8,10-11,18,23-24H,6,9H2,1-5H3/t10-,11+,18-/m0/s1. The van der Waals surface area contributed by atoms with Gasteiger partial charge in [0.15, 0.2) is 23.0 Å². The third-order valence-electron chi connectivity index (χ3n) is 6.09. The van der Waals surface area contributed by atoms with E-state index in [1.807, 2.05) is 13.0 Å². The Labute approximate surface area is 169 Å². The predicted octanol–water partition coefficient (Wildman–Crippen LogP) is 3.68. The number of methoxy groups -OCH3 is 3. The van der Waals surface area contributed by atoms with Gasteiger partial charge in [-0.25, -0.2) is 0 Å². The van der Waals surface area contributed by atoms with Crippen LogP contribution >= 0.6 is 0 Å². The first-order valence-corrected chi connectivity index (χ1v) is 9.58. The third kappa shape index (κ3) is 2.83. The molecular formula is C22H26O7. The van der Waals surface area contributed by atoms with Crippen LogP contribution in [0.2, 0.25) is 0 Å². The van der Waals surface area contributed by atoms with Gasteiger partial charge in [-0.3, -0.25) is 0 Å². The highest BCUT2D eigenvalue weighted by molar-refractivity contribution is 5.88. The molecule has 7 nitrogen and oxygen atoms in total. The van der Waals surface area contributed by atoms with Crippen molar-refractivity contribution in [2.75, 3.05) is 28.1 Å². The quantitative estimate of drug-likeness (QED) is 0.810. The Hall–Kier alpha value is -2.80. The summed E-state index contributed by atoms with van der Waals surface area (Å²) in [5.41, 5.74) is 2.63. The van der Waals surface area contributed by atoms with E-state index < -0.39 is 6.10 Å². The van der Waals surface area contributed by atoms with Crippen LogP contribution in [0.5, 0.6) is 34.5 Å². The van der Waals surface area contributed by atoms with E-state index in [1.54, 1.807) is 6.07 Å². The zero-order chi connectivity index (χ0) is 20.9. The Morgan fingerprint density at radius 2 is 1.69 bits per heavy atom. The molecule has 0 spiro atoms. The van der Waals surface area contributed by atoms with Crippen LogP contribution in [0.25, 0.3) is 11.1 Å². The molecule has 0 aromatic heterocycles. The molecule has 0 fully saturated rings. The summed E-state index contributed by atoms with van der Waals surface area (Å²) in [5, 5.41) is 22.4. The van der Waals surface area contributed by atoms with Crippen molar-refractivity contribution in [3.8, 4) is 45.6 Å². The summed E-state index contributed by atoms with van der Waals surface area (Å²) in [4.78, 5) is 0. The number of fused-ring (bicyclic) bond motifs is 4. The van der Waals surface area contributed by atoms with Crippen molar-refractivity contribution in [2.24, 2.45) is 11.8 Å². The smallest absolute Gasteiger partial charge is 0.231 e. The Morgan fingerprint density at radius 1 is 0.966 bits per heavy atom. The fraction of sp³-hybridized carbons (Fsp3) is 0.455. The molecule has 156 valence electrons. The zero-order valence-corrected chi connectivity index (χ0v) is 17.2. The van der Waals surface area contributed by atoms with Crippen LogP contribution in [0, 0.1) is 11.8 Å². The number of aliphatic hydroxyl groups excluding tert-OH is 1. The van der Waals surface area contributed by atoms with Crippen molar-refractivity contribution < 1.29 is 33.9 Å². The molecule has 1 aliphatic carbocycles.